The zero-order chi connectivity index (χ0) is 36.2. The van der Waals surface area contributed by atoms with E-state index in [4.69, 9.17) is 37.9 Å². The maximum Gasteiger partial charge on any atom is 0.419 e. The molecule has 0 spiro atoms. The minimum atomic E-state index is -0.552. The Morgan fingerprint density at radius 3 is 1.10 bits per heavy atom. The van der Waals surface area contributed by atoms with E-state index in [-0.39, 0.29) is 26.4 Å². The summed E-state index contributed by atoms with van der Waals surface area (Å²) in [6.07, 6.45) is 1.94. The van der Waals surface area contributed by atoms with Crippen molar-refractivity contribution in [2.75, 3.05) is 54.9 Å². The fraction of sp³-hybridized carbons (Fsp3) is 0.205. The highest BCUT2D eigenvalue weighted by Crippen LogP contribution is 2.35. The normalized spacial score (nSPS) is 11.2. The van der Waals surface area contributed by atoms with Gasteiger partial charge in [0.05, 0.1) is 62.9 Å². The fourth-order valence-electron chi connectivity index (χ4n) is 6.13. The molecule has 0 radical (unpaired) electrons. The van der Waals surface area contributed by atoms with Crippen LogP contribution in [0.1, 0.15) is 0 Å². The van der Waals surface area contributed by atoms with Crippen molar-refractivity contribution in [3.63, 3.8) is 0 Å². The van der Waals surface area contributed by atoms with Gasteiger partial charge >= 0.3 is 12.2 Å². The number of rotatable bonds is 12. The van der Waals surface area contributed by atoms with Gasteiger partial charge in [-0.25, -0.2) is 18.7 Å². The molecule has 3 heterocycles. The minimum Gasteiger partial charge on any atom is -0.497 e. The molecule has 0 aliphatic rings. The number of ether oxygens (including phenoxy) is 8. The number of carbonyl (C=O) groups is 2. The molecule has 4 aromatic carbocycles. The fourth-order valence-corrected chi connectivity index (χ4v) is 6.13. The monoisotopic (exact) mass is 705 g/mol. The standard InChI is InChI=1S/C39H35N3O10/c1-45-24-5-9-34-30(18-24)31-19-25(46-2)6-10-35(31)41(34)38(43)51-15-13-49-28-17-29(23-40-22-28)50-14-16-52-39(44)42-36-11-7-26(47-3)20-32(36)33-21-27(48-4)8-12-37(33)42/h5-12,17-23H,13-16H2,1-4H3. The molecule has 7 aromatic rings. The Kier molecular flexibility index (Phi) is 9.56. The van der Waals surface area contributed by atoms with Crippen LogP contribution in [0.3, 0.4) is 0 Å². The first-order valence-electron chi connectivity index (χ1n) is 16.3. The molecule has 0 bridgehead atoms. The Morgan fingerprint density at radius 2 is 0.788 bits per heavy atom. The quantitative estimate of drug-likeness (QED) is 0.117. The average Bonchev–Trinajstić information content (AvgIpc) is 3.69. The number of fused-ring (bicyclic) bond motifs is 6. The minimum absolute atomic E-state index is 0.0182. The number of hydrogen-bond acceptors (Lipinski definition) is 11. The van der Waals surface area contributed by atoms with Crippen molar-refractivity contribution in [2.45, 2.75) is 0 Å². The highest BCUT2D eigenvalue weighted by molar-refractivity contribution is 6.14. The number of pyridine rings is 1. The molecule has 0 amide bonds. The summed E-state index contributed by atoms with van der Waals surface area (Å²) in [5.74, 6) is 3.49. The van der Waals surface area contributed by atoms with E-state index in [0.717, 1.165) is 21.5 Å². The van der Waals surface area contributed by atoms with Gasteiger partial charge in [-0.05, 0) is 72.8 Å². The van der Waals surface area contributed by atoms with E-state index in [0.29, 0.717) is 56.6 Å². The number of aromatic nitrogens is 3. The second kappa shape index (κ2) is 14.7. The molecular weight excluding hydrogens is 670 g/mol. The van der Waals surface area contributed by atoms with Crippen LogP contribution in [0, 0.1) is 0 Å². The third-order valence-corrected chi connectivity index (χ3v) is 8.57. The van der Waals surface area contributed by atoms with E-state index in [2.05, 4.69) is 4.98 Å². The Balaban J connectivity index is 0.944. The van der Waals surface area contributed by atoms with Crippen molar-refractivity contribution in [1.29, 1.82) is 0 Å². The van der Waals surface area contributed by atoms with E-state index < -0.39 is 12.2 Å². The summed E-state index contributed by atoms with van der Waals surface area (Å²) in [4.78, 5) is 30.8. The maximum atomic E-state index is 13.3. The number of hydrogen-bond donors (Lipinski definition) is 0. The van der Waals surface area contributed by atoms with Gasteiger partial charge in [0, 0.05) is 27.6 Å². The SMILES string of the molecule is COc1ccc2c(c1)c1cc(OC)ccc1n2C(=O)OCCOc1cncc(OCCOC(=O)n2c3ccc(OC)cc3c3cc(OC)ccc32)c1. The van der Waals surface area contributed by atoms with Crippen LogP contribution in [0.2, 0.25) is 0 Å². The first-order valence-corrected chi connectivity index (χ1v) is 16.3. The van der Waals surface area contributed by atoms with Crippen LogP contribution in [-0.2, 0) is 9.47 Å². The molecule has 0 saturated carbocycles. The van der Waals surface area contributed by atoms with Crippen LogP contribution in [0.4, 0.5) is 9.59 Å². The summed E-state index contributed by atoms with van der Waals surface area (Å²) in [6, 6.07) is 23.6. The first-order chi connectivity index (χ1) is 25.4. The van der Waals surface area contributed by atoms with Crippen molar-refractivity contribution < 1.29 is 47.5 Å². The second-order valence-corrected chi connectivity index (χ2v) is 11.5. The number of nitrogens with zero attached hydrogens (tertiary/aromatic N) is 3. The van der Waals surface area contributed by atoms with Crippen molar-refractivity contribution in [2.24, 2.45) is 0 Å². The van der Waals surface area contributed by atoms with Crippen molar-refractivity contribution >= 4 is 55.8 Å². The summed E-state index contributed by atoms with van der Waals surface area (Å²) in [5.41, 5.74) is 2.69. The number of benzene rings is 4. The van der Waals surface area contributed by atoms with Crippen LogP contribution in [0.25, 0.3) is 43.6 Å². The van der Waals surface area contributed by atoms with Gasteiger partial charge in [-0.3, -0.25) is 4.98 Å². The van der Waals surface area contributed by atoms with Gasteiger partial charge in [0.15, 0.2) is 0 Å². The molecule has 7 rings (SSSR count). The topological polar surface area (TPSA) is 131 Å². The second-order valence-electron chi connectivity index (χ2n) is 11.5. The van der Waals surface area contributed by atoms with Gasteiger partial charge < -0.3 is 37.9 Å². The van der Waals surface area contributed by atoms with E-state index >= 15 is 0 Å². The molecular formula is C39H35N3O10. The number of methoxy groups -OCH3 is 4. The Bertz CT molecular complexity index is 2150. The van der Waals surface area contributed by atoms with Crippen molar-refractivity contribution in [3.05, 3.63) is 91.3 Å². The lowest BCUT2D eigenvalue weighted by molar-refractivity contribution is 0.126. The zero-order valence-corrected chi connectivity index (χ0v) is 28.9. The molecule has 0 atom stereocenters. The highest BCUT2D eigenvalue weighted by Gasteiger charge is 2.20. The molecule has 0 N–H and O–H groups in total. The summed E-state index contributed by atoms with van der Waals surface area (Å²) in [7, 11) is 6.37. The van der Waals surface area contributed by atoms with E-state index in [9.17, 15) is 9.59 Å². The maximum absolute atomic E-state index is 13.3. The van der Waals surface area contributed by atoms with Gasteiger partial charge in [-0.1, -0.05) is 0 Å². The summed E-state index contributed by atoms with van der Waals surface area (Å²) in [5, 5.41) is 3.31. The van der Waals surface area contributed by atoms with Gasteiger partial charge in [0.25, 0.3) is 0 Å². The molecule has 266 valence electrons. The third kappa shape index (κ3) is 6.51. The lowest BCUT2D eigenvalue weighted by atomic mass is 10.1. The van der Waals surface area contributed by atoms with Crippen LogP contribution in [0.15, 0.2) is 91.3 Å². The summed E-state index contributed by atoms with van der Waals surface area (Å²) < 4.78 is 47.4. The van der Waals surface area contributed by atoms with Crippen LogP contribution >= 0.6 is 0 Å². The third-order valence-electron chi connectivity index (χ3n) is 8.57. The van der Waals surface area contributed by atoms with Crippen molar-refractivity contribution in [1.82, 2.24) is 14.1 Å². The van der Waals surface area contributed by atoms with Gasteiger partial charge in [0.2, 0.25) is 0 Å². The Hall–Kier alpha value is -6.63. The molecule has 52 heavy (non-hydrogen) atoms. The van der Waals surface area contributed by atoms with Gasteiger partial charge in [0.1, 0.15) is 60.9 Å². The molecule has 0 aliphatic carbocycles. The molecule has 0 unspecified atom stereocenters. The molecule has 0 aliphatic heterocycles. The largest absolute Gasteiger partial charge is 0.497 e. The Labute approximate surface area is 297 Å². The van der Waals surface area contributed by atoms with E-state index in [1.165, 1.54) is 21.5 Å². The molecule has 13 heteroatoms. The smallest absolute Gasteiger partial charge is 0.419 e. The highest BCUT2D eigenvalue weighted by atomic mass is 16.6. The lowest BCUT2D eigenvalue weighted by Crippen LogP contribution is -2.18. The molecule has 0 saturated heterocycles. The van der Waals surface area contributed by atoms with Crippen LogP contribution in [-0.4, -0.2) is 81.2 Å². The summed E-state index contributed by atoms with van der Waals surface area (Å²) in [6.45, 7) is 0.110. The lowest BCUT2D eigenvalue weighted by Gasteiger charge is -2.11. The van der Waals surface area contributed by atoms with Gasteiger partial charge in [-0.2, -0.15) is 0 Å². The number of carbonyl (C=O) groups excluding carboxylic acids is 2. The average molecular weight is 706 g/mol. The van der Waals surface area contributed by atoms with Crippen molar-refractivity contribution in [3.8, 4) is 34.5 Å². The van der Waals surface area contributed by atoms with E-state index in [1.54, 1.807) is 58.8 Å². The zero-order valence-electron chi connectivity index (χ0n) is 28.9. The Morgan fingerprint density at radius 1 is 0.462 bits per heavy atom. The van der Waals surface area contributed by atoms with Crippen LogP contribution < -0.4 is 28.4 Å². The predicted molar refractivity (Wildman–Crippen MR) is 194 cm³/mol. The first kappa shape index (κ1) is 33.8. The molecule has 13 nitrogen and oxygen atoms in total. The van der Waals surface area contributed by atoms with E-state index in [1.807, 2.05) is 48.5 Å². The molecule has 3 aromatic heterocycles. The molecule has 0 fully saturated rings. The van der Waals surface area contributed by atoms with Gasteiger partial charge in [-0.15, -0.1) is 0 Å². The predicted octanol–water partition coefficient (Wildman–Crippen LogP) is 7.46. The summed E-state index contributed by atoms with van der Waals surface area (Å²) >= 11 is 0. The van der Waals surface area contributed by atoms with Crippen LogP contribution in [0.5, 0.6) is 34.5 Å².